The minimum absolute atomic E-state index is 0.0795. The van der Waals surface area contributed by atoms with Crippen molar-refractivity contribution in [2.75, 3.05) is 25.6 Å². The van der Waals surface area contributed by atoms with E-state index in [9.17, 15) is 9.18 Å². The summed E-state index contributed by atoms with van der Waals surface area (Å²) in [4.78, 5) is 12.1. The summed E-state index contributed by atoms with van der Waals surface area (Å²) >= 11 is 0. The molecular formula is C13H17FN2O3. The highest BCUT2D eigenvalue weighted by atomic mass is 19.1. The molecule has 6 heteroatoms. The Kier molecular flexibility index (Phi) is 4.01. The maximum atomic E-state index is 13.3. The van der Waals surface area contributed by atoms with Gasteiger partial charge in [-0.15, -0.1) is 0 Å². The van der Waals surface area contributed by atoms with E-state index in [0.717, 1.165) is 0 Å². The predicted octanol–water partition coefficient (Wildman–Crippen LogP) is 1.28. The summed E-state index contributed by atoms with van der Waals surface area (Å²) in [6.45, 7) is 0.938. The molecular weight excluding hydrogens is 251 g/mol. The summed E-state index contributed by atoms with van der Waals surface area (Å²) in [5, 5.41) is 2.69. The van der Waals surface area contributed by atoms with Gasteiger partial charge < -0.3 is 20.5 Å². The van der Waals surface area contributed by atoms with Crippen LogP contribution in [0.3, 0.4) is 0 Å². The summed E-state index contributed by atoms with van der Waals surface area (Å²) in [6, 6.07) is 4.13. The van der Waals surface area contributed by atoms with Crippen LogP contribution in [-0.2, 0) is 9.53 Å². The second-order valence-electron chi connectivity index (χ2n) is 4.57. The third-order valence-corrected chi connectivity index (χ3v) is 3.25. The minimum Gasteiger partial charge on any atom is -0.494 e. The van der Waals surface area contributed by atoms with Crippen molar-refractivity contribution in [2.24, 2.45) is 5.73 Å². The molecule has 0 radical (unpaired) electrons. The SMILES string of the molecule is COc1cc(NC(=O)C2(N)CCOCC2)ccc1F. The zero-order valence-corrected chi connectivity index (χ0v) is 10.7. The molecule has 104 valence electrons. The molecule has 1 aliphatic rings. The van der Waals surface area contributed by atoms with Crippen LogP contribution in [0.1, 0.15) is 12.8 Å². The highest BCUT2D eigenvalue weighted by Gasteiger charge is 2.35. The third kappa shape index (κ3) is 3.02. The molecule has 0 aliphatic carbocycles. The van der Waals surface area contributed by atoms with Gasteiger partial charge in [0.15, 0.2) is 11.6 Å². The first-order valence-corrected chi connectivity index (χ1v) is 6.07. The number of amides is 1. The zero-order chi connectivity index (χ0) is 13.9. The molecule has 2 rings (SSSR count). The van der Waals surface area contributed by atoms with Gasteiger partial charge in [-0.05, 0) is 25.0 Å². The molecule has 1 aliphatic heterocycles. The molecule has 1 aromatic carbocycles. The molecule has 1 amide bonds. The van der Waals surface area contributed by atoms with Gasteiger partial charge in [0.25, 0.3) is 0 Å². The average Bonchev–Trinajstić information content (AvgIpc) is 2.41. The van der Waals surface area contributed by atoms with E-state index in [1.165, 1.54) is 25.3 Å². The molecule has 0 unspecified atom stereocenters. The van der Waals surface area contributed by atoms with Crippen molar-refractivity contribution in [2.45, 2.75) is 18.4 Å². The van der Waals surface area contributed by atoms with Crippen LogP contribution in [0.5, 0.6) is 5.75 Å². The standard InChI is InChI=1S/C13H17FN2O3/c1-18-11-8-9(2-3-10(11)14)16-12(17)13(15)4-6-19-7-5-13/h2-3,8H,4-7,15H2,1H3,(H,16,17). The molecule has 1 aromatic rings. The Labute approximate surface area is 110 Å². The van der Waals surface area contributed by atoms with Crippen LogP contribution >= 0.6 is 0 Å². The number of anilines is 1. The molecule has 0 aromatic heterocycles. The Bertz CT molecular complexity index is 473. The predicted molar refractivity (Wildman–Crippen MR) is 68.6 cm³/mol. The second kappa shape index (κ2) is 5.54. The summed E-state index contributed by atoms with van der Waals surface area (Å²) in [7, 11) is 1.37. The van der Waals surface area contributed by atoms with Gasteiger partial charge in [0, 0.05) is 25.0 Å². The topological polar surface area (TPSA) is 73.6 Å². The molecule has 0 atom stereocenters. The normalized spacial score (nSPS) is 17.8. The van der Waals surface area contributed by atoms with Crippen LogP contribution in [0.2, 0.25) is 0 Å². The summed E-state index contributed by atoms with van der Waals surface area (Å²) < 4.78 is 23.3. The largest absolute Gasteiger partial charge is 0.494 e. The lowest BCUT2D eigenvalue weighted by atomic mass is 9.90. The van der Waals surface area contributed by atoms with Crippen molar-refractivity contribution in [1.82, 2.24) is 0 Å². The first-order valence-electron chi connectivity index (χ1n) is 6.07. The number of nitrogens with two attached hydrogens (primary N) is 1. The van der Waals surface area contributed by atoms with E-state index >= 15 is 0 Å². The second-order valence-corrected chi connectivity index (χ2v) is 4.57. The average molecular weight is 268 g/mol. The van der Waals surface area contributed by atoms with Crippen LogP contribution in [0.15, 0.2) is 18.2 Å². The van der Waals surface area contributed by atoms with Crippen molar-refractivity contribution in [3.63, 3.8) is 0 Å². The zero-order valence-electron chi connectivity index (χ0n) is 10.7. The Balaban J connectivity index is 2.10. The van der Waals surface area contributed by atoms with Crippen molar-refractivity contribution in [1.29, 1.82) is 0 Å². The van der Waals surface area contributed by atoms with Gasteiger partial charge in [-0.3, -0.25) is 4.79 Å². The van der Waals surface area contributed by atoms with Crippen molar-refractivity contribution < 1.29 is 18.7 Å². The van der Waals surface area contributed by atoms with E-state index in [2.05, 4.69) is 5.32 Å². The van der Waals surface area contributed by atoms with Crippen LogP contribution in [0.25, 0.3) is 0 Å². The number of carbonyl (C=O) groups excluding carboxylic acids is 1. The first kappa shape index (κ1) is 13.8. The van der Waals surface area contributed by atoms with Gasteiger partial charge in [-0.25, -0.2) is 4.39 Å². The maximum absolute atomic E-state index is 13.3. The number of hydrogen-bond acceptors (Lipinski definition) is 4. The Hall–Kier alpha value is -1.66. The number of nitrogens with one attached hydrogen (secondary N) is 1. The Morgan fingerprint density at radius 3 is 2.79 bits per heavy atom. The number of ether oxygens (including phenoxy) is 2. The van der Waals surface area contributed by atoms with E-state index in [4.69, 9.17) is 15.2 Å². The lowest BCUT2D eigenvalue weighted by molar-refractivity contribution is -0.124. The van der Waals surface area contributed by atoms with E-state index in [0.29, 0.717) is 31.7 Å². The molecule has 1 fully saturated rings. The molecule has 1 heterocycles. The van der Waals surface area contributed by atoms with Crippen LogP contribution in [-0.4, -0.2) is 31.8 Å². The van der Waals surface area contributed by atoms with Crippen LogP contribution in [0.4, 0.5) is 10.1 Å². The fraction of sp³-hybridized carbons (Fsp3) is 0.462. The van der Waals surface area contributed by atoms with E-state index in [-0.39, 0.29) is 11.7 Å². The van der Waals surface area contributed by atoms with Gasteiger partial charge in [0.1, 0.15) is 5.54 Å². The Morgan fingerprint density at radius 2 is 2.16 bits per heavy atom. The monoisotopic (exact) mass is 268 g/mol. The highest BCUT2D eigenvalue weighted by Crippen LogP contribution is 2.24. The molecule has 0 saturated carbocycles. The highest BCUT2D eigenvalue weighted by molar-refractivity contribution is 5.98. The number of rotatable bonds is 3. The fourth-order valence-corrected chi connectivity index (χ4v) is 1.96. The van der Waals surface area contributed by atoms with Crippen LogP contribution in [0, 0.1) is 5.82 Å². The minimum atomic E-state index is -0.931. The van der Waals surface area contributed by atoms with E-state index in [1.54, 1.807) is 0 Å². The van der Waals surface area contributed by atoms with Gasteiger partial charge >= 0.3 is 0 Å². The van der Waals surface area contributed by atoms with Gasteiger partial charge in [0.2, 0.25) is 5.91 Å². The molecule has 0 bridgehead atoms. The van der Waals surface area contributed by atoms with Crippen molar-refractivity contribution in [3.8, 4) is 5.75 Å². The lowest BCUT2D eigenvalue weighted by Gasteiger charge is -2.31. The van der Waals surface area contributed by atoms with Gasteiger partial charge in [0.05, 0.1) is 7.11 Å². The van der Waals surface area contributed by atoms with Crippen molar-refractivity contribution in [3.05, 3.63) is 24.0 Å². The van der Waals surface area contributed by atoms with E-state index in [1.807, 2.05) is 0 Å². The molecule has 3 N–H and O–H groups in total. The molecule has 19 heavy (non-hydrogen) atoms. The van der Waals surface area contributed by atoms with Crippen molar-refractivity contribution >= 4 is 11.6 Å². The number of methoxy groups -OCH3 is 1. The lowest BCUT2D eigenvalue weighted by Crippen LogP contribution is -2.54. The molecule has 0 spiro atoms. The number of halogens is 1. The fourth-order valence-electron chi connectivity index (χ4n) is 1.96. The Morgan fingerprint density at radius 1 is 1.47 bits per heavy atom. The first-order chi connectivity index (χ1) is 9.05. The molecule has 5 nitrogen and oxygen atoms in total. The summed E-state index contributed by atoms with van der Waals surface area (Å²) in [5.41, 5.74) is 5.58. The van der Waals surface area contributed by atoms with Gasteiger partial charge in [-0.1, -0.05) is 0 Å². The maximum Gasteiger partial charge on any atom is 0.244 e. The third-order valence-electron chi connectivity index (χ3n) is 3.25. The smallest absolute Gasteiger partial charge is 0.244 e. The summed E-state index contributed by atoms with van der Waals surface area (Å²) in [5.74, 6) is -0.686. The number of carbonyl (C=O) groups is 1. The number of hydrogen-bond donors (Lipinski definition) is 2. The van der Waals surface area contributed by atoms with Crippen LogP contribution < -0.4 is 15.8 Å². The quantitative estimate of drug-likeness (QED) is 0.866. The van der Waals surface area contributed by atoms with Gasteiger partial charge in [-0.2, -0.15) is 0 Å². The molecule has 1 saturated heterocycles. The summed E-state index contributed by atoms with van der Waals surface area (Å²) in [6.07, 6.45) is 0.939. The number of benzene rings is 1. The van der Waals surface area contributed by atoms with E-state index < -0.39 is 11.4 Å².